The molecule has 0 bridgehead atoms. The van der Waals surface area contributed by atoms with Gasteiger partial charge in [-0.05, 0) is 31.0 Å². The van der Waals surface area contributed by atoms with Crippen molar-refractivity contribution in [2.75, 3.05) is 0 Å². The second-order valence-corrected chi connectivity index (χ2v) is 4.88. The van der Waals surface area contributed by atoms with Gasteiger partial charge in [-0.1, -0.05) is 0 Å². The van der Waals surface area contributed by atoms with E-state index >= 15 is 0 Å². The van der Waals surface area contributed by atoms with E-state index in [2.05, 4.69) is 5.10 Å². The van der Waals surface area contributed by atoms with Crippen molar-refractivity contribution in [2.24, 2.45) is 0 Å². The van der Waals surface area contributed by atoms with Crippen molar-refractivity contribution in [1.82, 2.24) is 14.3 Å². The first-order valence-corrected chi connectivity index (χ1v) is 6.54. The summed E-state index contributed by atoms with van der Waals surface area (Å²) in [6.07, 6.45) is 2.77. The van der Waals surface area contributed by atoms with Crippen molar-refractivity contribution < 1.29 is 4.39 Å². The van der Waals surface area contributed by atoms with Gasteiger partial charge < -0.3 is 0 Å². The van der Waals surface area contributed by atoms with E-state index in [9.17, 15) is 9.18 Å². The van der Waals surface area contributed by atoms with Crippen LogP contribution in [0.1, 0.15) is 29.8 Å². The summed E-state index contributed by atoms with van der Waals surface area (Å²) < 4.78 is 16.7. The first-order chi connectivity index (χ1) is 9.69. The molecule has 6 heteroatoms. The number of fused-ring (bicyclic) bond motifs is 1. The van der Waals surface area contributed by atoms with Gasteiger partial charge in [0, 0.05) is 18.5 Å². The smallest absolute Gasteiger partial charge is 0.279 e. The Morgan fingerprint density at radius 2 is 2.25 bits per heavy atom. The lowest BCUT2D eigenvalue weighted by Gasteiger charge is -2.09. The number of aromatic nitrogens is 3. The maximum Gasteiger partial charge on any atom is 0.346 e. The third-order valence-corrected chi connectivity index (χ3v) is 3.53. The Morgan fingerprint density at radius 3 is 3.00 bits per heavy atom. The van der Waals surface area contributed by atoms with Crippen molar-refractivity contribution in [3.8, 4) is 6.07 Å². The average molecular weight is 272 g/mol. The fourth-order valence-corrected chi connectivity index (χ4v) is 2.48. The molecule has 0 fully saturated rings. The molecular weight excluding hydrogens is 259 g/mol. The lowest BCUT2D eigenvalue weighted by molar-refractivity contribution is 0.511. The molecule has 0 spiro atoms. The lowest BCUT2D eigenvalue weighted by Crippen LogP contribution is -2.27. The van der Waals surface area contributed by atoms with E-state index in [0.717, 1.165) is 25.1 Å². The van der Waals surface area contributed by atoms with Crippen molar-refractivity contribution >= 4 is 0 Å². The van der Waals surface area contributed by atoms with E-state index in [4.69, 9.17) is 5.26 Å². The van der Waals surface area contributed by atoms with E-state index in [1.54, 1.807) is 4.57 Å². The van der Waals surface area contributed by atoms with Crippen LogP contribution in [0.2, 0.25) is 0 Å². The Bertz CT molecular complexity index is 754. The number of nitriles is 1. The molecule has 3 rings (SSSR count). The number of aryl methyl sites for hydroxylation is 1. The van der Waals surface area contributed by atoms with Crippen LogP contribution in [0.25, 0.3) is 0 Å². The van der Waals surface area contributed by atoms with Gasteiger partial charge in [-0.2, -0.15) is 10.4 Å². The molecule has 102 valence electrons. The molecule has 0 unspecified atom stereocenters. The fourth-order valence-electron chi connectivity index (χ4n) is 2.48. The van der Waals surface area contributed by atoms with Gasteiger partial charge in [-0.25, -0.2) is 13.9 Å². The third kappa shape index (κ3) is 2.11. The van der Waals surface area contributed by atoms with Gasteiger partial charge in [0.25, 0.3) is 0 Å². The predicted molar refractivity (Wildman–Crippen MR) is 69.6 cm³/mol. The second-order valence-electron chi connectivity index (χ2n) is 4.88. The molecule has 1 aromatic carbocycles. The van der Waals surface area contributed by atoms with E-state index in [1.807, 2.05) is 6.07 Å². The molecule has 0 N–H and O–H groups in total. The molecule has 0 atom stereocenters. The molecule has 2 heterocycles. The minimum absolute atomic E-state index is 0.0557. The zero-order valence-corrected chi connectivity index (χ0v) is 10.8. The molecule has 0 saturated heterocycles. The van der Waals surface area contributed by atoms with Gasteiger partial charge in [0.1, 0.15) is 11.6 Å². The highest BCUT2D eigenvalue weighted by Gasteiger charge is 2.17. The molecule has 2 aromatic rings. The van der Waals surface area contributed by atoms with E-state index in [-0.39, 0.29) is 12.2 Å². The van der Waals surface area contributed by atoms with Crippen molar-refractivity contribution in [2.45, 2.75) is 32.4 Å². The summed E-state index contributed by atoms with van der Waals surface area (Å²) in [7, 11) is 0. The molecule has 1 aliphatic heterocycles. The summed E-state index contributed by atoms with van der Waals surface area (Å²) in [5, 5.41) is 13.1. The first-order valence-electron chi connectivity index (χ1n) is 6.54. The molecule has 1 aromatic heterocycles. The van der Waals surface area contributed by atoms with E-state index in [1.165, 1.54) is 22.9 Å². The average Bonchev–Trinajstić information content (AvgIpc) is 2.78. The Labute approximate surface area is 114 Å². The number of hydrogen-bond acceptors (Lipinski definition) is 3. The number of halogens is 1. The van der Waals surface area contributed by atoms with Crippen molar-refractivity contribution in [1.29, 1.82) is 5.26 Å². The molecule has 0 amide bonds. The van der Waals surface area contributed by atoms with Crippen molar-refractivity contribution in [3.63, 3.8) is 0 Å². The number of benzene rings is 1. The van der Waals surface area contributed by atoms with Crippen LogP contribution in [0.4, 0.5) is 4.39 Å². The van der Waals surface area contributed by atoms with Gasteiger partial charge in [-0.15, -0.1) is 0 Å². The molecule has 5 nitrogen and oxygen atoms in total. The number of hydrogen-bond donors (Lipinski definition) is 0. The van der Waals surface area contributed by atoms with Crippen molar-refractivity contribution in [3.05, 3.63) is 51.5 Å². The van der Waals surface area contributed by atoms with Gasteiger partial charge in [-0.3, -0.25) is 4.57 Å². The quantitative estimate of drug-likeness (QED) is 0.831. The molecule has 0 saturated carbocycles. The largest absolute Gasteiger partial charge is 0.346 e. The maximum atomic E-state index is 13.7. The normalized spacial score (nSPS) is 13.8. The van der Waals surface area contributed by atoms with Crippen LogP contribution in [0.15, 0.2) is 23.0 Å². The van der Waals surface area contributed by atoms with Crippen LogP contribution in [0.3, 0.4) is 0 Å². The standard InChI is InChI=1S/C14H13FN4O/c15-12-5-4-10(8-16)7-11(12)9-19-14(20)18-6-2-1-3-13(18)17-19/h4-5,7H,1-3,6,9H2. The van der Waals surface area contributed by atoms with Crippen LogP contribution in [-0.4, -0.2) is 14.3 Å². The maximum absolute atomic E-state index is 13.7. The molecular formula is C14H13FN4O. The van der Waals surface area contributed by atoms with E-state index < -0.39 is 5.82 Å². The lowest BCUT2D eigenvalue weighted by atomic mass is 10.1. The summed E-state index contributed by atoms with van der Waals surface area (Å²) in [4.78, 5) is 12.2. The van der Waals surface area contributed by atoms with Gasteiger partial charge in [0.15, 0.2) is 0 Å². The Balaban J connectivity index is 1.98. The highest BCUT2D eigenvalue weighted by molar-refractivity contribution is 5.33. The van der Waals surface area contributed by atoms with Crippen LogP contribution in [0.5, 0.6) is 0 Å². The first kappa shape index (κ1) is 12.6. The van der Waals surface area contributed by atoms with Gasteiger partial charge >= 0.3 is 5.69 Å². The molecule has 20 heavy (non-hydrogen) atoms. The Hall–Kier alpha value is -2.42. The van der Waals surface area contributed by atoms with Crippen LogP contribution in [-0.2, 0) is 19.5 Å². The predicted octanol–water partition coefficient (Wildman–Crippen LogP) is 1.44. The highest BCUT2D eigenvalue weighted by Crippen LogP contribution is 2.13. The Morgan fingerprint density at radius 1 is 1.40 bits per heavy atom. The minimum atomic E-state index is -0.429. The summed E-state index contributed by atoms with van der Waals surface area (Å²) in [5.41, 5.74) is 0.474. The van der Waals surface area contributed by atoms with Crippen LogP contribution >= 0.6 is 0 Å². The molecule has 1 aliphatic rings. The van der Waals surface area contributed by atoms with Gasteiger partial charge in [0.2, 0.25) is 0 Å². The zero-order chi connectivity index (χ0) is 14.1. The summed E-state index contributed by atoms with van der Waals surface area (Å²) >= 11 is 0. The van der Waals surface area contributed by atoms with Crippen LogP contribution < -0.4 is 5.69 Å². The second kappa shape index (κ2) is 4.93. The minimum Gasteiger partial charge on any atom is -0.279 e. The summed E-state index contributed by atoms with van der Waals surface area (Å²) in [6.45, 7) is 0.731. The number of nitrogens with zero attached hydrogens (tertiary/aromatic N) is 4. The van der Waals surface area contributed by atoms with E-state index in [0.29, 0.717) is 17.7 Å². The third-order valence-electron chi connectivity index (χ3n) is 3.53. The topological polar surface area (TPSA) is 63.6 Å². The summed E-state index contributed by atoms with van der Waals surface area (Å²) in [6, 6.07) is 6.08. The highest BCUT2D eigenvalue weighted by atomic mass is 19.1. The summed E-state index contributed by atoms with van der Waals surface area (Å²) in [5.74, 6) is 0.333. The molecule has 0 radical (unpaired) electrons. The zero-order valence-electron chi connectivity index (χ0n) is 10.8. The molecule has 0 aliphatic carbocycles. The SMILES string of the molecule is N#Cc1ccc(F)c(Cn2nc3n(c2=O)CCCC3)c1. The number of rotatable bonds is 2. The fraction of sp³-hybridized carbons (Fsp3) is 0.357. The monoisotopic (exact) mass is 272 g/mol. The Kier molecular flexibility index (Phi) is 3.11. The van der Waals surface area contributed by atoms with Crippen LogP contribution in [0, 0.1) is 17.1 Å². The van der Waals surface area contributed by atoms with Gasteiger partial charge in [0.05, 0.1) is 18.2 Å².